The number of pyridine rings is 1. The Kier molecular flexibility index (Phi) is 5.72. The fourth-order valence-corrected chi connectivity index (χ4v) is 5.20. The minimum absolute atomic E-state index is 0.0183. The zero-order chi connectivity index (χ0) is 26.8. The number of aromatic nitrogens is 1. The van der Waals surface area contributed by atoms with Crippen molar-refractivity contribution >= 4 is 22.8 Å². The van der Waals surface area contributed by atoms with Crippen molar-refractivity contribution in [3.63, 3.8) is 0 Å². The Labute approximate surface area is 207 Å². The summed E-state index contributed by atoms with van der Waals surface area (Å²) in [5, 5.41) is 1.75. The molecule has 1 saturated heterocycles. The highest BCUT2D eigenvalue weighted by atomic mass is 19.4. The molecule has 1 aromatic heterocycles. The molecule has 1 saturated carbocycles. The number of carbonyl (C=O) groups excluding carboxylic acids is 2. The van der Waals surface area contributed by atoms with Crippen LogP contribution in [0.2, 0.25) is 0 Å². The van der Waals surface area contributed by atoms with Gasteiger partial charge in [-0.25, -0.2) is 9.69 Å². The van der Waals surface area contributed by atoms with Crippen LogP contribution in [0.25, 0.3) is 10.8 Å². The number of imide groups is 1. The van der Waals surface area contributed by atoms with Gasteiger partial charge in [0.05, 0.1) is 16.7 Å². The molecular weight excluding hydrogens is 502 g/mol. The minimum Gasteiger partial charge on any atom is -0.438 e. The Bertz CT molecular complexity index is 1370. The lowest BCUT2D eigenvalue weighted by molar-refractivity contribution is -0.143. The normalized spacial score (nSPS) is 23.5. The number of amides is 2. The van der Waals surface area contributed by atoms with E-state index in [1.165, 1.54) is 0 Å². The number of hydrogen-bond donors (Lipinski definition) is 0. The molecule has 2 fully saturated rings. The standard InChI is InChI=1S/C26H20F6N2O3/c1-14-11-24(14)22(17-8-18(25(27,28)29)10-19(9-17)26(30,31)32)37-23(36)34(24)21(35)7-6-16-13-33-12-15-4-2-3-5-20(15)16/h2-5,8-10,12-14,22H,6-7,11H2,1H3/t14-,22-,24?/m1/s1. The second-order valence-corrected chi connectivity index (χ2v) is 9.45. The largest absolute Gasteiger partial charge is 0.438 e. The van der Waals surface area contributed by atoms with E-state index >= 15 is 0 Å². The number of carbonyl (C=O) groups is 2. The van der Waals surface area contributed by atoms with Gasteiger partial charge in [-0.2, -0.15) is 26.3 Å². The van der Waals surface area contributed by atoms with Crippen LogP contribution in [0.3, 0.4) is 0 Å². The van der Waals surface area contributed by atoms with Crippen LogP contribution in [-0.2, 0) is 28.3 Å². The molecule has 0 bridgehead atoms. The van der Waals surface area contributed by atoms with E-state index in [2.05, 4.69) is 4.98 Å². The maximum atomic E-state index is 13.4. The highest BCUT2D eigenvalue weighted by Gasteiger charge is 2.70. The maximum Gasteiger partial charge on any atom is 0.417 e. The topological polar surface area (TPSA) is 59.5 Å². The van der Waals surface area contributed by atoms with Crippen molar-refractivity contribution in [2.45, 2.75) is 50.2 Å². The number of rotatable bonds is 4. The fraction of sp³-hybridized carbons (Fsp3) is 0.346. The van der Waals surface area contributed by atoms with Gasteiger partial charge in [-0.1, -0.05) is 31.2 Å². The van der Waals surface area contributed by atoms with Crippen LogP contribution in [0, 0.1) is 5.92 Å². The third kappa shape index (κ3) is 4.30. The number of alkyl halides is 6. The predicted octanol–water partition coefficient (Wildman–Crippen LogP) is 6.70. The monoisotopic (exact) mass is 522 g/mol. The zero-order valence-corrected chi connectivity index (χ0v) is 19.4. The van der Waals surface area contributed by atoms with Crippen LogP contribution >= 0.6 is 0 Å². The average molecular weight is 522 g/mol. The third-order valence-electron chi connectivity index (χ3n) is 7.12. The van der Waals surface area contributed by atoms with Gasteiger partial charge in [-0.15, -0.1) is 0 Å². The molecular formula is C26H20F6N2O3. The van der Waals surface area contributed by atoms with Crippen molar-refractivity contribution in [3.05, 3.63) is 77.1 Å². The van der Waals surface area contributed by atoms with Crippen molar-refractivity contribution in [1.29, 1.82) is 0 Å². The summed E-state index contributed by atoms with van der Waals surface area (Å²) in [5.41, 5.74) is -4.05. The highest BCUT2D eigenvalue weighted by molar-refractivity contribution is 5.96. The molecule has 37 heavy (non-hydrogen) atoms. The number of ether oxygens (including phenoxy) is 1. The van der Waals surface area contributed by atoms with Crippen molar-refractivity contribution in [2.24, 2.45) is 5.92 Å². The average Bonchev–Trinajstić information content (AvgIpc) is 3.39. The molecule has 3 aromatic rings. The van der Waals surface area contributed by atoms with Gasteiger partial charge >= 0.3 is 18.4 Å². The van der Waals surface area contributed by atoms with Gasteiger partial charge in [0.25, 0.3) is 0 Å². The number of halogens is 6. The van der Waals surface area contributed by atoms with Crippen molar-refractivity contribution < 1.29 is 40.7 Å². The van der Waals surface area contributed by atoms with Crippen LogP contribution in [-0.4, -0.2) is 27.4 Å². The summed E-state index contributed by atoms with van der Waals surface area (Å²) in [6.07, 6.45) is -9.06. The quantitative estimate of drug-likeness (QED) is 0.358. The van der Waals surface area contributed by atoms with E-state index in [1.54, 1.807) is 19.3 Å². The van der Waals surface area contributed by atoms with Crippen molar-refractivity contribution in [2.75, 3.05) is 0 Å². The zero-order valence-electron chi connectivity index (χ0n) is 19.4. The summed E-state index contributed by atoms with van der Waals surface area (Å²) >= 11 is 0. The molecule has 2 aliphatic rings. The number of benzene rings is 2. The Hall–Kier alpha value is -3.63. The van der Waals surface area contributed by atoms with Crippen LogP contribution in [0.15, 0.2) is 54.9 Å². The van der Waals surface area contributed by atoms with E-state index < -0.39 is 52.7 Å². The summed E-state index contributed by atoms with van der Waals surface area (Å²) in [5.74, 6) is -0.996. The predicted molar refractivity (Wildman–Crippen MR) is 119 cm³/mol. The van der Waals surface area contributed by atoms with Gasteiger partial charge in [0.1, 0.15) is 0 Å². The summed E-state index contributed by atoms with van der Waals surface area (Å²) in [7, 11) is 0. The van der Waals surface area contributed by atoms with Gasteiger partial charge in [-0.3, -0.25) is 9.78 Å². The van der Waals surface area contributed by atoms with E-state index in [4.69, 9.17) is 4.74 Å². The molecule has 2 aromatic carbocycles. The van der Waals surface area contributed by atoms with E-state index in [1.807, 2.05) is 24.3 Å². The molecule has 1 spiro atoms. The van der Waals surface area contributed by atoms with Gasteiger partial charge in [0, 0.05) is 24.2 Å². The molecule has 1 aliphatic carbocycles. The van der Waals surface area contributed by atoms with Gasteiger partial charge in [0.2, 0.25) is 5.91 Å². The molecule has 5 nitrogen and oxygen atoms in total. The van der Waals surface area contributed by atoms with Gasteiger partial charge < -0.3 is 4.74 Å². The summed E-state index contributed by atoms with van der Waals surface area (Å²) in [4.78, 5) is 31.1. The van der Waals surface area contributed by atoms with Crippen LogP contribution in [0.4, 0.5) is 31.1 Å². The summed E-state index contributed by atoms with van der Waals surface area (Å²) < 4.78 is 85.8. The first-order valence-electron chi connectivity index (χ1n) is 11.5. The van der Waals surface area contributed by atoms with E-state index in [-0.39, 0.29) is 31.2 Å². The molecule has 194 valence electrons. The summed E-state index contributed by atoms with van der Waals surface area (Å²) in [6, 6.07) is 8.53. The third-order valence-corrected chi connectivity index (χ3v) is 7.12. The van der Waals surface area contributed by atoms with Crippen LogP contribution in [0.1, 0.15) is 48.1 Å². The second-order valence-electron chi connectivity index (χ2n) is 9.45. The Balaban J connectivity index is 1.46. The second kappa shape index (κ2) is 8.46. The minimum atomic E-state index is -5.05. The number of nitrogens with zero attached hydrogens (tertiary/aromatic N) is 2. The van der Waals surface area contributed by atoms with Crippen LogP contribution < -0.4 is 0 Å². The first-order valence-corrected chi connectivity index (χ1v) is 11.5. The summed E-state index contributed by atoms with van der Waals surface area (Å²) in [6.45, 7) is 1.67. The molecule has 2 heterocycles. The highest BCUT2D eigenvalue weighted by Crippen LogP contribution is 2.61. The Morgan fingerprint density at radius 1 is 1.05 bits per heavy atom. The van der Waals surface area contributed by atoms with Gasteiger partial charge in [-0.05, 0) is 53.5 Å². The lowest BCUT2D eigenvalue weighted by Gasteiger charge is -2.25. The molecule has 1 unspecified atom stereocenters. The van der Waals surface area contributed by atoms with Crippen LogP contribution in [0.5, 0.6) is 0 Å². The first kappa shape index (κ1) is 25.0. The number of hydrogen-bond acceptors (Lipinski definition) is 4. The smallest absolute Gasteiger partial charge is 0.417 e. The molecule has 0 N–H and O–H groups in total. The lowest BCUT2D eigenvalue weighted by Crippen LogP contribution is -2.42. The number of aryl methyl sites for hydroxylation is 1. The lowest BCUT2D eigenvalue weighted by atomic mass is 9.93. The number of fused-ring (bicyclic) bond motifs is 1. The SMILES string of the molecule is C[C@@H]1CC12[C@@H](c1cc(C(F)(F)F)cc(C(F)(F)F)c1)OC(=O)N2C(=O)CCc1cncc2ccccc12. The maximum absolute atomic E-state index is 13.4. The molecule has 11 heteroatoms. The Morgan fingerprint density at radius 3 is 2.27 bits per heavy atom. The molecule has 2 amide bonds. The van der Waals surface area contributed by atoms with E-state index in [0.717, 1.165) is 21.2 Å². The molecule has 1 aliphatic heterocycles. The Morgan fingerprint density at radius 2 is 1.68 bits per heavy atom. The van der Waals surface area contributed by atoms with Gasteiger partial charge in [0.15, 0.2) is 6.10 Å². The molecule has 3 atom stereocenters. The van der Waals surface area contributed by atoms with Crippen molar-refractivity contribution in [3.8, 4) is 0 Å². The number of cyclic esters (lactones) is 1. The molecule has 0 radical (unpaired) electrons. The van der Waals surface area contributed by atoms with E-state index in [0.29, 0.717) is 12.1 Å². The fourth-order valence-electron chi connectivity index (χ4n) is 5.20. The van der Waals surface area contributed by atoms with E-state index in [9.17, 15) is 35.9 Å². The van der Waals surface area contributed by atoms with Crippen molar-refractivity contribution in [1.82, 2.24) is 9.88 Å². The first-order chi connectivity index (χ1) is 17.3. The molecule has 5 rings (SSSR count).